The highest BCUT2D eigenvalue weighted by Crippen LogP contribution is 2.34. The zero-order chi connectivity index (χ0) is 11.6. The predicted molar refractivity (Wildman–Crippen MR) is 62.6 cm³/mol. The van der Waals surface area contributed by atoms with Crippen molar-refractivity contribution in [3.8, 4) is 0 Å². The predicted octanol–water partition coefficient (Wildman–Crippen LogP) is 2.58. The van der Waals surface area contributed by atoms with Crippen molar-refractivity contribution in [2.24, 2.45) is 17.3 Å². The summed E-state index contributed by atoms with van der Waals surface area (Å²) >= 11 is 0. The van der Waals surface area contributed by atoms with Gasteiger partial charge in [-0.3, -0.25) is 0 Å². The quantitative estimate of drug-likeness (QED) is 0.741. The largest absolute Gasteiger partial charge is 0.390 e. The van der Waals surface area contributed by atoms with E-state index in [4.69, 9.17) is 0 Å². The minimum absolute atomic E-state index is 0.220. The molecule has 90 valence electrons. The molecule has 2 heteroatoms. The molecule has 0 radical (unpaired) electrons. The van der Waals surface area contributed by atoms with Gasteiger partial charge in [-0.1, -0.05) is 40.5 Å². The molecule has 2 atom stereocenters. The first-order chi connectivity index (χ1) is 6.82. The number of aliphatic hydroxyl groups excluding tert-OH is 2. The Morgan fingerprint density at radius 3 is 1.87 bits per heavy atom. The molecule has 0 aromatic rings. The van der Waals surface area contributed by atoms with Gasteiger partial charge in [0.2, 0.25) is 0 Å². The van der Waals surface area contributed by atoms with Crippen LogP contribution in [0.1, 0.15) is 53.4 Å². The second-order valence-electron chi connectivity index (χ2n) is 6.32. The highest BCUT2D eigenvalue weighted by Gasteiger charge is 2.35. The van der Waals surface area contributed by atoms with Gasteiger partial charge in [-0.25, -0.2) is 0 Å². The van der Waals surface area contributed by atoms with Gasteiger partial charge in [0.25, 0.3) is 0 Å². The Labute approximate surface area is 93.7 Å². The van der Waals surface area contributed by atoms with Crippen molar-refractivity contribution in [3.63, 3.8) is 0 Å². The molecule has 0 aromatic carbocycles. The van der Waals surface area contributed by atoms with Gasteiger partial charge < -0.3 is 10.2 Å². The first kappa shape index (κ1) is 13.0. The van der Waals surface area contributed by atoms with Gasteiger partial charge in [-0.05, 0) is 30.1 Å². The monoisotopic (exact) mass is 214 g/mol. The second kappa shape index (κ2) is 4.84. The normalized spacial score (nSPS) is 32.4. The van der Waals surface area contributed by atoms with Crippen LogP contribution in [-0.4, -0.2) is 22.4 Å². The van der Waals surface area contributed by atoms with E-state index >= 15 is 0 Å². The average molecular weight is 214 g/mol. The van der Waals surface area contributed by atoms with E-state index in [2.05, 4.69) is 6.92 Å². The van der Waals surface area contributed by atoms with E-state index in [9.17, 15) is 10.2 Å². The average Bonchev–Trinajstić information content (AvgIpc) is 2.15. The van der Waals surface area contributed by atoms with Crippen LogP contribution in [0.3, 0.4) is 0 Å². The molecule has 1 aliphatic rings. The molecule has 1 saturated carbocycles. The summed E-state index contributed by atoms with van der Waals surface area (Å²) in [5.41, 5.74) is -0.220. The molecule has 2 nitrogen and oxygen atoms in total. The summed E-state index contributed by atoms with van der Waals surface area (Å²) in [5.74, 6) is 1.09. The van der Waals surface area contributed by atoms with E-state index in [1.165, 1.54) is 12.8 Å². The van der Waals surface area contributed by atoms with Gasteiger partial charge in [0.15, 0.2) is 0 Å². The topological polar surface area (TPSA) is 40.5 Å². The van der Waals surface area contributed by atoms with Crippen LogP contribution in [0.25, 0.3) is 0 Å². The molecule has 0 spiro atoms. The zero-order valence-electron chi connectivity index (χ0n) is 10.5. The fraction of sp³-hybridized carbons (Fsp3) is 1.00. The van der Waals surface area contributed by atoms with Crippen LogP contribution in [0.4, 0.5) is 0 Å². The Bertz CT molecular complexity index is 187. The van der Waals surface area contributed by atoms with Crippen molar-refractivity contribution in [1.29, 1.82) is 0 Å². The molecule has 0 saturated heterocycles. The Balaban J connectivity index is 2.50. The summed E-state index contributed by atoms with van der Waals surface area (Å²) in [6.45, 7) is 8.20. The second-order valence-corrected chi connectivity index (χ2v) is 6.32. The molecule has 0 bridgehead atoms. The maximum atomic E-state index is 10.1. The van der Waals surface area contributed by atoms with Crippen LogP contribution in [0.5, 0.6) is 0 Å². The zero-order valence-corrected chi connectivity index (χ0v) is 10.5. The number of aliphatic hydroxyl groups is 2. The minimum Gasteiger partial charge on any atom is -0.390 e. The number of hydrogen-bond donors (Lipinski definition) is 2. The molecule has 0 amide bonds. The molecular formula is C13H26O2. The summed E-state index contributed by atoms with van der Waals surface area (Å²) in [5, 5.41) is 20.1. The Kier molecular flexibility index (Phi) is 4.19. The first-order valence-electron chi connectivity index (χ1n) is 6.18. The van der Waals surface area contributed by atoms with Gasteiger partial charge in [0.05, 0.1) is 12.2 Å². The summed E-state index contributed by atoms with van der Waals surface area (Å²) in [6.07, 6.45) is 3.37. The van der Waals surface area contributed by atoms with E-state index in [0.29, 0.717) is 5.92 Å². The fourth-order valence-electron chi connectivity index (χ4n) is 2.40. The SMILES string of the molecule is CC1CCC(C(O)C(O)C(C)(C)C)CC1. The van der Waals surface area contributed by atoms with E-state index in [1.54, 1.807) is 0 Å². The van der Waals surface area contributed by atoms with Gasteiger partial charge in [-0.2, -0.15) is 0 Å². The van der Waals surface area contributed by atoms with Crippen LogP contribution >= 0.6 is 0 Å². The van der Waals surface area contributed by atoms with Gasteiger partial charge in [0, 0.05) is 0 Å². The maximum Gasteiger partial charge on any atom is 0.0849 e. The van der Waals surface area contributed by atoms with Crippen molar-refractivity contribution in [2.45, 2.75) is 65.6 Å². The smallest absolute Gasteiger partial charge is 0.0849 e. The third kappa shape index (κ3) is 3.46. The van der Waals surface area contributed by atoms with Crippen molar-refractivity contribution >= 4 is 0 Å². The Morgan fingerprint density at radius 2 is 1.47 bits per heavy atom. The van der Waals surface area contributed by atoms with Gasteiger partial charge in [-0.15, -0.1) is 0 Å². The molecule has 2 N–H and O–H groups in total. The van der Waals surface area contributed by atoms with Crippen LogP contribution in [0.15, 0.2) is 0 Å². The van der Waals surface area contributed by atoms with Gasteiger partial charge in [0.1, 0.15) is 0 Å². The lowest BCUT2D eigenvalue weighted by atomic mass is 9.74. The molecule has 0 aliphatic heterocycles. The third-order valence-electron chi connectivity index (χ3n) is 3.75. The van der Waals surface area contributed by atoms with Crippen molar-refractivity contribution in [3.05, 3.63) is 0 Å². The molecule has 2 unspecified atom stereocenters. The van der Waals surface area contributed by atoms with Crippen LogP contribution < -0.4 is 0 Å². The molecule has 1 fully saturated rings. The molecule has 1 rings (SSSR count). The number of hydrogen-bond acceptors (Lipinski definition) is 2. The summed E-state index contributed by atoms with van der Waals surface area (Å²) < 4.78 is 0. The lowest BCUT2D eigenvalue weighted by molar-refractivity contribution is -0.0788. The highest BCUT2D eigenvalue weighted by atomic mass is 16.3. The standard InChI is InChI=1S/C13H26O2/c1-9-5-7-10(8-6-9)11(14)12(15)13(2,3)4/h9-12,14-15H,5-8H2,1-4H3. The molecular weight excluding hydrogens is 188 g/mol. The Morgan fingerprint density at radius 1 is 1.00 bits per heavy atom. The van der Waals surface area contributed by atoms with Gasteiger partial charge >= 0.3 is 0 Å². The van der Waals surface area contributed by atoms with E-state index in [1.807, 2.05) is 20.8 Å². The molecule has 0 heterocycles. The van der Waals surface area contributed by atoms with Crippen molar-refractivity contribution < 1.29 is 10.2 Å². The Hall–Kier alpha value is -0.0800. The molecule has 0 aromatic heterocycles. The van der Waals surface area contributed by atoms with E-state index in [0.717, 1.165) is 18.8 Å². The lowest BCUT2D eigenvalue weighted by Crippen LogP contribution is -2.43. The van der Waals surface area contributed by atoms with Crippen molar-refractivity contribution in [1.82, 2.24) is 0 Å². The highest BCUT2D eigenvalue weighted by molar-refractivity contribution is 4.86. The summed E-state index contributed by atoms with van der Waals surface area (Å²) in [7, 11) is 0. The lowest BCUT2D eigenvalue weighted by Gasteiger charge is -2.37. The fourth-order valence-corrected chi connectivity index (χ4v) is 2.40. The van der Waals surface area contributed by atoms with E-state index in [-0.39, 0.29) is 5.41 Å². The molecule has 15 heavy (non-hydrogen) atoms. The third-order valence-corrected chi connectivity index (χ3v) is 3.75. The number of rotatable bonds is 2. The minimum atomic E-state index is -0.601. The van der Waals surface area contributed by atoms with Crippen LogP contribution in [-0.2, 0) is 0 Å². The molecule has 1 aliphatic carbocycles. The van der Waals surface area contributed by atoms with Crippen LogP contribution in [0, 0.1) is 17.3 Å². The van der Waals surface area contributed by atoms with Crippen LogP contribution in [0.2, 0.25) is 0 Å². The van der Waals surface area contributed by atoms with Crippen molar-refractivity contribution in [2.75, 3.05) is 0 Å². The summed E-state index contributed by atoms with van der Waals surface area (Å²) in [4.78, 5) is 0. The first-order valence-corrected chi connectivity index (χ1v) is 6.18. The van der Waals surface area contributed by atoms with E-state index < -0.39 is 12.2 Å². The maximum absolute atomic E-state index is 10.1. The summed E-state index contributed by atoms with van der Waals surface area (Å²) in [6, 6.07) is 0.